The van der Waals surface area contributed by atoms with Crippen LogP contribution in [-0.4, -0.2) is 25.0 Å². The van der Waals surface area contributed by atoms with Gasteiger partial charge in [-0.3, -0.25) is 4.79 Å². The molecular weight excluding hydrogens is 154 g/mol. The van der Waals surface area contributed by atoms with Crippen LogP contribution < -0.4 is 5.73 Å². The van der Waals surface area contributed by atoms with Crippen molar-refractivity contribution in [3.63, 3.8) is 0 Å². The second kappa shape index (κ2) is 3.83. The minimum atomic E-state index is -0.114. The van der Waals surface area contributed by atoms with Gasteiger partial charge >= 0.3 is 0 Å². The fourth-order valence-electron chi connectivity index (χ4n) is 1.33. The van der Waals surface area contributed by atoms with Gasteiger partial charge in [0.1, 0.15) is 5.78 Å². The number of allylic oxidation sites excluding steroid dienone is 1. The molecule has 3 nitrogen and oxygen atoms in total. The van der Waals surface area contributed by atoms with Crippen LogP contribution in [0.25, 0.3) is 0 Å². The summed E-state index contributed by atoms with van der Waals surface area (Å²) < 4.78 is 5.10. The molecule has 0 spiro atoms. The van der Waals surface area contributed by atoms with Gasteiger partial charge in [0.05, 0.1) is 19.1 Å². The maximum atomic E-state index is 11.4. The lowest BCUT2D eigenvalue weighted by molar-refractivity contribution is -0.122. The number of ketones is 1. The first-order chi connectivity index (χ1) is 5.61. The number of carbonyl (C=O) groups is 1. The van der Waals surface area contributed by atoms with Gasteiger partial charge in [-0.2, -0.15) is 0 Å². The van der Waals surface area contributed by atoms with Gasteiger partial charge < -0.3 is 10.5 Å². The molecule has 0 bridgehead atoms. The Morgan fingerprint density at radius 2 is 2.33 bits per heavy atom. The first-order valence-corrected chi connectivity index (χ1v) is 4.11. The number of hydrogen-bond acceptors (Lipinski definition) is 3. The molecule has 2 unspecified atom stereocenters. The van der Waals surface area contributed by atoms with E-state index in [2.05, 4.69) is 6.58 Å². The molecule has 1 aliphatic rings. The SMILES string of the molecule is C=C(C)CC(=O)C1COCC1N. The summed E-state index contributed by atoms with van der Waals surface area (Å²) in [6.45, 7) is 6.52. The Bertz CT molecular complexity index is 201. The molecule has 1 rings (SSSR count). The molecule has 12 heavy (non-hydrogen) atoms. The lowest BCUT2D eigenvalue weighted by Crippen LogP contribution is -2.34. The number of Topliss-reactive ketones (excluding diaryl/α,β-unsaturated/α-hetero) is 1. The summed E-state index contributed by atoms with van der Waals surface area (Å²) in [6, 6.07) is -0.114. The van der Waals surface area contributed by atoms with Crippen molar-refractivity contribution in [1.82, 2.24) is 0 Å². The summed E-state index contributed by atoms with van der Waals surface area (Å²) in [5.74, 6) is 0.0502. The van der Waals surface area contributed by atoms with Gasteiger partial charge in [0.2, 0.25) is 0 Å². The summed E-state index contributed by atoms with van der Waals surface area (Å²) in [6.07, 6.45) is 0.432. The first-order valence-electron chi connectivity index (χ1n) is 4.11. The maximum Gasteiger partial charge on any atom is 0.143 e. The molecule has 0 aromatic heterocycles. The largest absolute Gasteiger partial charge is 0.379 e. The Hall–Kier alpha value is -0.670. The molecule has 1 aliphatic heterocycles. The van der Waals surface area contributed by atoms with Crippen molar-refractivity contribution < 1.29 is 9.53 Å². The highest BCUT2D eigenvalue weighted by atomic mass is 16.5. The number of nitrogens with two attached hydrogens (primary N) is 1. The van der Waals surface area contributed by atoms with Crippen molar-refractivity contribution in [1.29, 1.82) is 0 Å². The van der Waals surface area contributed by atoms with Crippen LogP contribution in [0, 0.1) is 5.92 Å². The first kappa shape index (κ1) is 9.42. The quantitative estimate of drug-likeness (QED) is 0.626. The molecule has 0 aliphatic carbocycles. The summed E-state index contributed by atoms with van der Waals surface area (Å²) >= 11 is 0. The topological polar surface area (TPSA) is 52.3 Å². The van der Waals surface area contributed by atoms with Gasteiger partial charge in [-0.1, -0.05) is 12.2 Å². The van der Waals surface area contributed by atoms with Crippen molar-refractivity contribution >= 4 is 5.78 Å². The molecule has 1 fully saturated rings. The molecule has 0 aromatic carbocycles. The summed E-state index contributed by atoms with van der Waals surface area (Å²) in [5, 5.41) is 0. The Balaban J connectivity index is 2.46. The van der Waals surface area contributed by atoms with Crippen LogP contribution in [0.1, 0.15) is 13.3 Å². The smallest absolute Gasteiger partial charge is 0.143 e. The third kappa shape index (κ3) is 2.16. The van der Waals surface area contributed by atoms with E-state index in [-0.39, 0.29) is 17.7 Å². The van der Waals surface area contributed by atoms with Crippen LogP contribution >= 0.6 is 0 Å². The Kier molecular flexibility index (Phi) is 3.00. The van der Waals surface area contributed by atoms with Gasteiger partial charge in [-0.25, -0.2) is 0 Å². The predicted octanol–water partition coefficient (Wildman–Crippen LogP) is 0.495. The highest BCUT2D eigenvalue weighted by molar-refractivity contribution is 5.84. The van der Waals surface area contributed by atoms with E-state index < -0.39 is 0 Å². The molecule has 2 atom stereocenters. The van der Waals surface area contributed by atoms with Crippen molar-refractivity contribution in [3.8, 4) is 0 Å². The molecule has 2 N–H and O–H groups in total. The van der Waals surface area contributed by atoms with Crippen molar-refractivity contribution in [2.24, 2.45) is 11.7 Å². The van der Waals surface area contributed by atoms with Gasteiger partial charge in [-0.05, 0) is 6.92 Å². The lowest BCUT2D eigenvalue weighted by atomic mass is 9.95. The van der Waals surface area contributed by atoms with Crippen LogP contribution in [0.2, 0.25) is 0 Å². The van der Waals surface area contributed by atoms with E-state index in [0.717, 1.165) is 5.57 Å². The summed E-state index contributed by atoms with van der Waals surface area (Å²) in [7, 11) is 0. The molecular formula is C9H15NO2. The molecule has 1 saturated heterocycles. The van der Waals surface area contributed by atoms with Crippen molar-refractivity contribution in [3.05, 3.63) is 12.2 Å². The average Bonchev–Trinajstić information content (AvgIpc) is 2.33. The zero-order valence-electron chi connectivity index (χ0n) is 7.38. The molecule has 0 amide bonds. The van der Waals surface area contributed by atoms with Crippen LogP contribution in [0.4, 0.5) is 0 Å². The van der Waals surface area contributed by atoms with Crippen molar-refractivity contribution in [2.45, 2.75) is 19.4 Å². The fourth-order valence-corrected chi connectivity index (χ4v) is 1.33. The van der Waals surface area contributed by atoms with E-state index in [4.69, 9.17) is 10.5 Å². The van der Waals surface area contributed by atoms with Gasteiger partial charge in [0, 0.05) is 12.5 Å². The van der Waals surface area contributed by atoms with Crippen LogP contribution in [0.5, 0.6) is 0 Å². The van der Waals surface area contributed by atoms with Gasteiger partial charge in [0.25, 0.3) is 0 Å². The summed E-state index contributed by atoms with van der Waals surface area (Å²) in [5.41, 5.74) is 6.57. The highest BCUT2D eigenvalue weighted by Gasteiger charge is 2.30. The second-order valence-corrected chi connectivity index (χ2v) is 3.41. The number of hydrogen-bond donors (Lipinski definition) is 1. The minimum absolute atomic E-state index is 0.110. The number of rotatable bonds is 3. The Morgan fingerprint density at radius 3 is 2.75 bits per heavy atom. The fraction of sp³-hybridized carbons (Fsp3) is 0.667. The molecule has 0 saturated carbocycles. The van der Waals surface area contributed by atoms with Crippen LogP contribution in [0.15, 0.2) is 12.2 Å². The normalized spacial score (nSPS) is 28.8. The third-order valence-corrected chi connectivity index (χ3v) is 2.01. The Labute approximate surface area is 72.6 Å². The predicted molar refractivity (Wildman–Crippen MR) is 46.7 cm³/mol. The van der Waals surface area contributed by atoms with E-state index in [1.54, 1.807) is 0 Å². The minimum Gasteiger partial charge on any atom is -0.379 e. The van der Waals surface area contributed by atoms with Gasteiger partial charge in [0.15, 0.2) is 0 Å². The number of ether oxygens (including phenoxy) is 1. The van der Waals surface area contributed by atoms with E-state index in [0.29, 0.717) is 19.6 Å². The monoisotopic (exact) mass is 169 g/mol. The van der Waals surface area contributed by atoms with E-state index in [1.165, 1.54) is 0 Å². The zero-order chi connectivity index (χ0) is 9.14. The standard InChI is InChI=1S/C9H15NO2/c1-6(2)3-9(11)7-4-12-5-8(7)10/h7-8H,1,3-5,10H2,2H3. The molecule has 1 heterocycles. The molecule has 0 aromatic rings. The molecule has 68 valence electrons. The summed E-state index contributed by atoms with van der Waals surface area (Å²) in [4.78, 5) is 11.4. The van der Waals surface area contributed by atoms with E-state index in [1.807, 2.05) is 6.92 Å². The zero-order valence-corrected chi connectivity index (χ0v) is 7.38. The maximum absolute atomic E-state index is 11.4. The average molecular weight is 169 g/mol. The Morgan fingerprint density at radius 1 is 1.67 bits per heavy atom. The van der Waals surface area contributed by atoms with Crippen molar-refractivity contribution in [2.75, 3.05) is 13.2 Å². The third-order valence-electron chi connectivity index (χ3n) is 2.01. The van der Waals surface area contributed by atoms with E-state index >= 15 is 0 Å². The molecule has 0 radical (unpaired) electrons. The van der Waals surface area contributed by atoms with Gasteiger partial charge in [-0.15, -0.1) is 0 Å². The second-order valence-electron chi connectivity index (χ2n) is 3.41. The van der Waals surface area contributed by atoms with E-state index in [9.17, 15) is 4.79 Å². The van der Waals surface area contributed by atoms with Crippen LogP contribution in [0.3, 0.4) is 0 Å². The van der Waals surface area contributed by atoms with Crippen LogP contribution in [-0.2, 0) is 9.53 Å². The molecule has 3 heteroatoms. The highest BCUT2D eigenvalue weighted by Crippen LogP contribution is 2.16. The lowest BCUT2D eigenvalue weighted by Gasteiger charge is -2.10. The number of carbonyl (C=O) groups excluding carboxylic acids is 1.